The molecule has 0 spiro atoms. The molecule has 0 aromatic carbocycles. The standard InChI is InChI=1S/C13H16N4O/c1-3-16-10-8-12(15-16)13(18)6-5-11-7-9-14-17(11)4-2/h5-10H,3-4H2,1-2H3/b6-5+. The highest BCUT2D eigenvalue weighted by Crippen LogP contribution is 2.04. The van der Waals surface area contributed by atoms with Gasteiger partial charge in [-0.1, -0.05) is 0 Å². The van der Waals surface area contributed by atoms with Crippen LogP contribution in [0.2, 0.25) is 0 Å². The topological polar surface area (TPSA) is 52.7 Å². The maximum Gasteiger partial charge on any atom is 0.206 e. The molecular weight excluding hydrogens is 228 g/mol. The van der Waals surface area contributed by atoms with Gasteiger partial charge in [0.05, 0.1) is 5.69 Å². The maximum atomic E-state index is 11.9. The van der Waals surface area contributed by atoms with Gasteiger partial charge in [0.1, 0.15) is 5.69 Å². The summed E-state index contributed by atoms with van der Waals surface area (Å²) in [6, 6.07) is 3.60. The molecule has 0 saturated heterocycles. The highest BCUT2D eigenvalue weighted by molar-refractivity contribution is 6.05. The number of carbonyl (C=O) groups excluding carboxylic acids is 1. The van der Waals surface area contributed by atoms with Crippen LogP contribution in [0, 0.1) is 0 Å². The number of hydrogen-bond donors (Lipinski definition) is 0. The Morgan fingerprint density at radius 2 is 2.17 bits per heavy atom. The Kier molecular flexibility index (Phi) is 3.72. The number of rotatable bonds is 5. The van der Waals surface area contributed by atoms with Crippen LogP contribution in [0.15, 0.2) is 30.6 Å². The molecule has 0 N–H and O–H groups in total. The molecule has 2 rings (SSSR count). The second-order valence-corrected chi connectivity index (χ2v) is 3.83. The molecule has 0 atom stereocenters. The van der Waals surface area contributed by atoms with E-state index in [4.69, 9.17) is 0 Å². The van der Waals surface area contributed by atoms with Crippen LogP contribution in [0.5, 0.6) is 0 Å². The molecule has 5 nitrogen and oxygen atoms in total. The largest absolute Gasteiger partial charge is 0.287 e. The number of ketones is 1. The smallest absolute Gasteiger partial charge is 0.206 e. The van der Waals surface area contributed by atoms with Crippen molar-refractivity contribution < 1.29 is 4.79 Å². The quantitative estimate of drug-likeness (QED) is 0.597. The molecule has 0 unspecified atom stereocenters. The van der Waals surface area contributed by atoms with Crippen molar-refractivity contribution in [2.24, 2.45) is 0 Å². The highest BCUT2D eigenvalue weighted by atomic mass is 16.1. The van der Waals surface area contributed by atoms with Crippen LogP contribution in [0.3, 0.4) is 0 Å². The van der Waals surface area contributed by atoms with Crippen molar-refractivity contribution >= 4 is 11.9 Å². The average Bonchev–Trinajstić information content (AvgIpc) is 3.04. The molecular formula is C13H16N4O. The summed E-state index contributed by atoms with van der Waals surface area (Å²) in [5.41, 5.74) is 1.39. The highest BCUT2D eigenvalue weighted by Gasteiger charge is 2.05. The van der Waals surface area contributed by atoms with E-state index in [9.17, 15) is 4.79 Å². The minimum absolute atomic E-state index is 0.0916. The minimum atomic E-state index is -0.0916. The summed E-state index contributed by atoms with van der Waals surface area (Å²) >= 11 is 0. The summed E-state index contributed by atoms with van der Waals surface area (Å²) in [5.74, 6) is -0.0916. The molecule has 0 aliphatic carbocycles. The first kappa shape index (κ1) is 12.3. The lowest BCUT2D eigenvalue weighted by Gasteiger charge is -1.98. The zero-order chi connectivity index (χ0) is 13.0. The number of carbonyl (C=O) groups is 1. The predicted octanol–water partition coefficient (Wildman–Crippen LogP) is 2.02. The van der Waals surface area contributed by atoms with Gasteiger partial charge in [0.15, 0.2) is 0 Å². The fraction of sp³-hybridized carbons (Fsp3) is 0.308. The second kappa shape index (κ2) is 5.44. The zero-order valence-electron chi connectivity index (χ0n) is 10.6. The van der Waals surface area contributed by atoms with E-state index < -0.39 is 0 Å². The third kappa shape index (κ3) is 2.56. The number of hydrogen-bond acceptors (Lipinski definition) is 3. The first-order valence-electron chi connectivity index (χ1n) is 6.02. The number of aromatic nitrogens is 4. The van der Waals surface area contributed by atoms with Crippen molar-refractivity contribution in [1.82, 2.24) is 19.6 Å². The third-order valence-electron chi connectivity index (χ3n) is 2.67. The molecule has 2 heterocycles. The van der Waals surface area contributed by atoms with Crippen molar-refractivity contribution in [3.63, 3.8) is 0 Å². The Morgan fingerprint density at radius 3 is 2.83 bits per heavy atom. The van der Waals surface area contributed by atoms with Crippen molar-refractivity contribution in [3.05, 3.63) is 42.0 Å². The van der Waals surface area contributed by atoms with Gasteiger partial charge in [-0.3, -0.25) is 14.2 Å². The molecule has 0 aliphatic rings. The lowest BCUT2D eigenvalue weighted by atomic mass is 10.2. The average molecular weight is 244 g/mol. The van der Waals surface area contributed by atoms with Gasteiger partial charge in [-0.2, -0.15) is 10.2 Å². The SMILES string of the molecule is CCn1ccc(C(=O)/C=C/c2ccnn2CC)n1. The summed E-state index contributed by atoms with van der Waals surface area (Å²) in [5, 5.41) is 8.30. The number of nitrogens with zero attached hydrogens (tertiary/aromatic N) is 4. The number of allylic oxidation sites excluding steroid dienone is 1. The van der Waals surface area contributed by atoms with Crippen molar-refractivity contribution in [2.45, 2.75) is 26.9 Å². The van der Waals surface area contributed by atoms with Gasteiger partial charge in [0.2, 0.25) is 5.78 Å². The predicted molar refractivity (Wildman–Crippen MR) is 69.2 cm³/mol. The van der Waals surface area contributed by atoms with E-state index >= 15 is 0 Å². The van der Waals surface area contributed by atoms with E-state index in [0.717, 1.165) is 18.8 Å². The van der Waals surface area contributed by atoms with Crippen molar-refractivity contribution in [2.75, 3.05) is 0 Å². The Balaban J connectivity index is 2.11. The normalized spacial score (nSPS) is 11.2. The van der Waals surface area contributed by atoms with E-state index in [2.05, 4.69) is 10.2 Å². The maximum absolute atomic E-state index is 11.9. The Bertz CT molecular complexity index is 565. The Hall–Kier alpha value is -2.17. The van der Waals surface area contributed by atoms with Crippen molar-refractivity contribution in [1.29, 1.82) is 0 Å². The molecule has 0 saturated carbocycles. The Labute approximate surface area is 106 Å². The third-order valence-corrected chi connectivity index (χ3v) is 2.67. The van der Waals surface area contributed by atoms with E-state index in [1.54, 1.807) is 29.2 Å². The Morgan fingerprint density at radius 1 is 1.33 bits per heavy atom. The molecule has 0 radical (unpaired) electrons. The zero-order valence-corrected chi connectivity index (χ0v) is 10.6. The van der Waals surface area contributed by atoms with Gasteiger partial charge in [-0.15, -0.1) is 0 Å². The van der Waals surface area contributed by atoms with Gasteiger partial charge in [0, 0.05) is 25.5 Å². The summed E-state index contributed by atoms with van der Waals surface area (Å²) in [7, 11) is 0. The van der Waals surface area contributed by atoms with Crippen molar-refractivity contribution in [3.8, 4) is 0 Å². The second-order valence-electron chi connectivity index (χ2n) is 3.83. The molecule has 0 bridgehead atoms. The number of aryl methyl sites for hydroxylation is 2. The minimum Gasteiger partial charge on any atom is -0.287 e. The molecule has 0 aliphatic heterocycles. The van der Waals surface area contributed by atoms with E-state index in [1.807, 2.05) is 24.6 Å². The summed E-state index contributed by atoms with van der Waals surface area (Å²) < 4.78 is 3.56. The van der Waals surface area contributed by atoms with Crippen LogP contribution in [-0.2, 0) is 13.1 Å². The fourth-order valence-corrected chi connectivity index (χ4v) is 1.66. The lowest BCUT2D eigenvalue weighted by Crippen LogP contribution is -2.01. The van der Waals surface area contributed by atoms with Crippen LogP contribution < -0.4 is 0 Å². The van der Waals surface area contributed by atoms with Crippen LogP contribution in [0.1, 0.15) is 30.0 Å². The molecule has 0 amide bonds. The summed E-state index contributed by atoms with van der Waals surface area (Å²) in [6.07, 6.45) is 6.83. The first-order valence-corrected chi connectivity index (χ1v) is 6.02. The molecule has 94 valence electrons. The van der Waals surface area contributed by atoms with Gasteiger partial charge >= 0.3 is 0 Å². The molecule has 2 aromatic rings. The van der Waals surface area contributed by atoms with Crippen LogP contribution in [-0.4, -0.2) is 25.3 Å². The first-order chi connectivity index (χ1) is 8.74. The lowest BCUT2D eigenvalue weighted by molar-refractivity contribution is 0.104. The van der Waals surface area contributed by atoms with Gasteiger partial charge < -0.3 is 0 Å². The molecule has 0 fully saturated rings. The van der Waals surface area contributed by atoms with Crippen LogP contribution in [0.25, 0.3) is 6.08 Å². The molecule has 2 aromatic heterocycles. The van der Waals surface area contributed by atoms with Gasteiger partial charge in [-0.05, 0) is 38.1 Å². The molecule has 18 heavy (non-hydrogen) atoms. The monoisotopic (exact) mass is 244 g/mol. The van der Waals surface area contributed by atoms with Gasteiger partial charge in [0.25, 0.3) is 0 Å². The summed E-state index contributed by atoms with van der Waals surface area (Å²) in [6.45, 7) is 5.54. The molecule has 5 heteroatoms. The fourth-order valence-electron chi connectivity index (χ4n) is 1.66. The van der Waals surface area contributed by atoms with E-state index in [1.165, 1.54) is 6.08 Å². The van der Waals surface area contributed by atoms with Crippen LogP contribution in [0.4, 0.5) is 0 Å². The summed E-state index contributed by atoms with van der Waals surface area (Å²) in [4.78, 5) is 11.9. The van der Waals surface area contributed by atoms with Gasteiger partial charge in [-0.25, -0.2) is 0 Å². The van der Waals surface area contributed by atoms with E-state index in [-0.39, 0.29) is 5.78 Å². The van der Waals surface area contributed by atoms with Crippen LogP contribution >= 0.6 is 0 Å². The van der Waals surface area contributed by atoms with E-state index in [0.29, 0.717) is 5.69 Å².